The smallest absolute Gasteiger partial charge is 0.337 e. The molecular formula is C22H18N2O4. The van der Waals surface area contributed by atoms with E-state index in [1.54, 1.807) is 23.1 Å². The molecule has 3 aromatic rings. The van der Waals surface area contributed by atoms with Crippen molar-refractivity contribution in [2.24, 2.45) is 0 Å². The highest BCUT2D eigenvalue weighted by atomic mass is 16.5. The number of nitrogens with one attached hydrogen (secondary N) is 1. The molecule has 0 aromatic heterocycles. The summed E-state index contributed by atoms with van der Waals surface area (Å²) >= 11 is 0. The maximum Gasteiger partial charge on any atom is 0.337 e. The van der Waals surface area contributed by atoms with Crippen LogP contribution in [0.15, 0.2) is 72.8 Å². The molecule has 6 heteroatoms. The van der Waals surface area contributed by atoms with E-state index in [1.165, 1.54) is 6.07 Å². The first kappa shape index (κ1) is 17.6. The summed E-state index contributed by atoms with van der Waals surface area (Å²) in [5, 5.41) is 12.0. The fourth-order valence-electron chi connectivity index (χ4n) is 3.20. The van der Waals surface area contributed by atoms with Crippen LogP contribution in [0, 0.1) is 0 Å². The van der Waals surface area contributed by atoms with Gasteiger partial charge in [0, 0.05) is 0 Å². The SMILES string of the molecule is O=C(O)c1ccccc1NC(=O)N1CCOc2cc(-c3ccccc3)ccc21. The van der Waals surface area contributed by atoms with Gasteiger partial charge in [-0.1, -0.05) is 48.5 Å². The van der Waals surface area contributed by atoms with Gasteiger partial charge in [0.1, 0.15) is 12.4 Å². The lowest BCUT2D eigenvalue weighted by atomic mass is 10.0. The number of nitrogens with zero attached hydrogens (tertiary/aromatic N) is 1. The van der Waals surface area contributed by atoms with Crippen molar-refractivity contribution in [3.05, 3.63) is 78.4 Å². The van der Waals surface area contributed by atoms with Gasteiger partial charge >= 0.3 is 12.0 Å². The summed E-state index contributed by atoms with van der Waals surface area (Å²) in [5.74, 6) is -0.472. The zero-order valence-corrected chi connectivity index (χ0v) is 15.0. The number of carbonyl (C=O) groups is 2. The molecule has 0 atom stereocenters. The first-order chi connectivity index (χ1) is 13.6. The quantitative estimate of drug-likeness (QED) is 0.708. The standard InChI is InChI=1S/C22H18N2O4/c25-21(26)17-8-4-5-9-18(17)23-22(27)24-12-13-28-20-14-16(10-11-19(20)24)15-6-2-1-3-7-15/h1-11,14H,12-13H2,(H,23,27)(H,25,26). The van der Waals surface area contributed by atoms with Gasteiger partial charge < -0.3 is 15.2 Å². The van der Waals surface area contributed by atoms with Crippen molar-refractivity contribution in [2.75, 3.05) is 23.4 Å². The van der Waals surface area contributed by atoms with E-state index in [4.69, 9.17) is 4.74 Å². The monoisotopic (exact) mass is 374 g/mol. The minimum absolute atomic E-state index is 0.0451. The second kappa shape index (κ2) is 7.44. The van der Waals surface area contributed by atoms with E-state index >= 15 is 0 Å². The Morgan fingerprint density at radius 1 is 0.929 bits per heavy atom. The summed E-state index contributed by atoms with van der Waals surface area (Å²) in [6.45, 7) is 0.734. The van der Waals surface area contributed by atoms with Crippen LogP contribution in [0.4, 0.5) is 16.2 Å². The highest BCUT2D eigenvalue weighted by molar-refractivity contribution is 6.06. The van der Waals surface area contributed by atoms with Crippen molar-refractivity contribution in [1.82, 2.24) is 0 Å². The number of carboxylic acid groups (broad SMARTS) is 1. The Bertz CT molecular complexity index is 1030. The van der Waals surface area contributed by atoms with E-state index in [1.807, 2.05) is 48.5 Å². The number of anilines is 2. The molecule has 0 bridgehead atoms. The Morgan fingerprint density at radius 3 is 2.46 bits per heavy atom. The van der Waals surface area contributed by atoms with E-state index < -0.39 is 12.0 Å². The fraction of sp³-hybridized carbons (Fsp3) is 0.0909. The molecule has 0 unspecified atom stereocenters. The van der Waals surface area contributed by atoms with E-state index in [9.17, 15) is 14.7 Å². The number of ether oxygens (including phenoxy) is 1. The zero-order valence-electron chi connectivity index (χ0n) is 15.0. The van der Waals surface area contributed by atoms with Crippen LogP contribution in [-0.2, 0) is 0 Å². The number of aromatic carboxylic acids is 1. The third kappa shape index (κ3) is 3.40. The molecule has 0 fully saturated rings. The number of hydrogen-bond acceptors (Lipinski definition) is 3. The molecule has 0 saturated carbocycles. The lowest BCUT2D eigenvalue weighted by Gasteiger charge is -2.30. The van der Waals surface area contributed by atoms with Gasteiger partial charge in [0.15, 0.2) is 0 Å². The Balaban J connectivity index is 1.61. The molecule has 4 rings (SSSR count). The molecule has 6 nitrogen and oxygen atoms in total. The van der Waals surface area contributed by atoms with Gasteiger partial charge in [-0.05, 0) is 35.4 Å². The third-order valence-corrected chi connectivity index (χ3v) is 4.57. The maximum atomic E-state index is 12.8. The topological polar surface area (TPSA) is 78.9 Å². The summed E-state index contributed by atoms with van der Waals surface area (Å²) in [5.41, 5.74) is 3.01. The van der Waals surface area contributed by atoms with E-state index in [2.05, 4.69) is 5.32 Å². The largest absolute Gasteiger partial charge is 0.490 e. The molecule has 1 heterocycles. The predicted molar refractivity (Wildman–Crippen MR) is 107 cm³/mol. The molecule has 0 spiro atoms. The van der Waals surface area contributed by atoms with Crippen LogP contribution in [0.1, 0.15) is 10.4 Å². The lowest BCUT2D eigenvalue weighted by molar-refractivity contribution is 0.0698. The van der Waals surface area contributed by atoms with E-state index in [0.29, 0.717) is 24.6 Å². The van der Waals surface area contributed by atoms with Gasteiger partial charge in [-0.2, -0.15) is 0 Å². The number of fused-ring (bicyclic) bond motifs is 1. The number of carbonyl (C=O) groups excluding carboxylic acids is 1. The van der Waals surface area contributed by atoms with Gasteiger partial charge in [0.25, 0.3) is 0 Å². The van der Waals surface area contributed by atoms with Crippen LogP contribution in [0.2, 0.25) is 0 Å². The molecule has 0 aliphatic carbocycles. The predicted octanol–water partition coefficient (Wildman–Crippen LogP) is 4.48. The number of hydrogen-bond donors (Lipinski definition) is 2. The number of amides is 2. The Kier molecular flexibility index (Phi) is 4.68. The van der Waals surface area contributed by atoms with Crippen molar-refractivity contribution in [2.45, 2.75) is 0 Å². The summed E-state index contributed by atoms with van der Waals surface area (Å²) in [6, 6.07) is 21.5. The molecule has 3 aromatic carbocycles. The van der Waals surface area contributed by atoms with Gasteiger partial charge in [-0.15, -0.1) is 0 Å². The van der Waals surface area contributed by atoms with Crippen LogP contribution in [0.3, 0.4) is 0 Å². The summed E-state index contributed by atoms with van der Waals surface area (Å²) in [7, 11) is 0. The molecule has 1 aliphatic rings. The highest BCUT2D eigenvalue weighted by Crippen LogP contribution is 2.36. The Morgan fingerprint density at radius 2 is 1.68 bits per heavy atom. The number of benzene rings is 3. The molecular weight excluding hydrogens is 356 g/mol. The van der Waals surface area contributed by atoms with Crippen LogP contribution in [0.5, 0.6) is 5.75 Å². The minimum atomic E-state index is -1.09. The molecule has 140 valence electrons. The van der Waals surface area contributed by atoms with Crippen LogP contribution in [0.25, 0.3) is 11.1 Å². The number of rotatable bonds is 3. The third-order valence-electron chi connectivity index (χ3n) is 4.57. The van der Waals surface area contributed by atoms with Crippen molar-refractivity contribution in [3.63, 3.8) is 0 Å². The molecule has 1 aliphatic heterocycles. The van der Waals surface area contributed by atoms with E-state index in [0.717, 1.165) is 11.1 Å². The Labute approximate surface area is 162 Å². The summed E-state index contributed by atoms with van der Waals surface area (Å²) in [6.07, 6.45) is 0. The number of carboxylic acids is 1. The maximum absolute atomic E-state index is 12.8. The number of urea groups is 1. The van der Waals surface area contributed by atoms with Crippen LogP contribution < -0.4 is 15.0 Å². The van der Waals surface area contributed by atoms with Gasteiger partial charge in [0.05, 0.1) is 23.5 Å². The van der Waals surface area contributed by atoms with Gasteiger partial charge in [0.2, 0.25) is 0 Å². The van der Waals surface area contributed by atoms with Crippen LogP contribution >= 0.6 is 0 Å². The van der Waals surface area contributed by atoms with Crippen molar-refractivity contribution in [1.29, 1.82) is 0 Å². The zero-order chi connectivity index (χ0) is 19.5. The molecule has 28 heavy (non-hydrogen) atoms. The molecule has 2 amide bonds. The molecule has 0 radical (unpaired) electrons. The Hall–Kier alpha value is -3.80. The second-order valence-electron chi connectivity index (χ2n) is 6.33. The average Bonchev–Trinajstić information content (AvgIpc) is 2.73. The molecule has 2 N–H and O–H groups in total. The first-order valence-corrected chi connectivity index (χ1v) is 8.86. The van der Waals surface area contributed by atoms with E-state index in [-0.39, 0.29) is 11.3 Å². The highest BCUT2D eigenvalue weighted by Gasteiger charge is 2.25. The fourth-order valence-corrected chi connectivity index (χ4v) is 3.20. The minimum Gasteiger partial charge on any atom is -0.490 e. The second-order valence-corrected chi connectivity index (χ2v) is 6.33. The summed E-state index contributed by atoms with van der Waals surface area (Å²) < 4.78 is 5.76. The average molecular weight is 374 g/mol. The van der Waals surface area contributed by atoms with Gasteiger partial charge in [-0.3, -0.25) is 4.90 Å². The normalized spacial score (nSPS) is 12.6. The molecule has 0 saturated heterocycles. The van der Waals surface area contributed by atoms with Crippen LogP contribution in [-0.4, -0.2) is 30.3 Å². The lowest BCUT2D eigenvalue weighted by Crippen LogP contribution is -2.41. The van der Waals surface area contributed by atoms with Gasteiger partial charge in [-0.25, -0.2) is 9.59 Å². The number of para-hydroxylation sites is 1. The summed E-state index contributed by atoms with van der Waals surface area (Å²) in [4.78, 5) is 25.8. The first-order valence-electron chi connectivity index (χ1n) is 8.86. The van der Waals surface area contributed by atoms with Crippen molar-refractivity contribution >= 4 is 23.4 Å². The van der Waals surface area contributed by atoms with Crippen molar-refractivity contribution < 1.29 is 19.4 Å². The van der Waals surface area contributed by atoms with Crippen molar-refractivity contribution in [3.8, 4) is 16.9 Å².